The highest BCUT2D eigenvalue weighted by molar-refractivity contribution is 7.15. The number of fused-ring (bicyclic) bond motifs is 1. The summed E-state index contributed by atoms with van der Waals surface area (Å²) in [5, 5.41) is 0.668. The van der Waals surface area contributed by atoms with E-state index in [4.69, 9.17) is 10.5 Å². The molecule has 1 aromatic carbocycles. The number of nitrogen functional groups attached to an aromatic ring is 1. The lowest BCUT2D eigenvalue weighted by Crippen LogP contribution is -2.32. The molecular weight excluding hydrogens is 342 g/mol. The predicted octanol–water partition coefficient (Wildman–Crippen LogP) is 4.03. The van der Waals surface area contributed by atoms with E-state index in [1.54, 1.807) is 11.3 Å². The number of nitrogens with zero attached hydrogens (tertiary/aromatic N) is 2. The van der Waals surface area contributed by atoms with Crippen molar-refractivity contribution in [2.75, 3.05) is 12.3 Å². The largest absolute Gasteiger partial charge is 0.493 e. The van der Waals surface area contributed by atoms with E-state index >= 15 is 0 Å². The van der Waals surface area contributed by atoms with Crippen LogP contribution in [0, 0.1) is 0 Å². The minimum Gasteiger partial charge on any atom is -0.493 e. The summed E-state index contributed by atoms with van der Waals surface area (Å²) in [5.74, 6) is 1.07. The second-order valence-corrected chi connectivity index (χ2v) is 7.70. The Bertz CT molecular complexity index is 685. The molecule has 0 atom stereocenters. The van der Waals surface area contributed by atoms with Gasteiger partial charge < -0.3 is 10.5 Å². The molecule has 0 spiro atoms. The smallest absolute Gasteiger partial charge is 0.180 e. The van der Waals surface area contributed by atoms with Crippen molar-refractivity contribution >= 4 is 28.9 Å². The topological polar surface area (TPSA) is 51.4 Å². The fourth-order valence-electron chi connectivity index (χ4n) is 3.75. The van der Waals surface area contributed by atoms with Crippen LogP contribution in [0.25, 0.3) is 0 Å². The number of thiazole rings is 1. The lowest BCUT2D eigenvalue weighted by atomic mass is 10.1. The molecule has 0 saturated heterocycles. The summed E-state index contributed by atoms with van der Waals surface area (Å²) in [4.78, 5) is 8.08. The zero-order chi connectivity index (χ0) is 15.6. The van der Waals surface area contributed by atoms with Gasteiger partial charge in [-0.05, 0) is 30.0 Å². The monoisotopic (exact) mass is 365 g/mol. The zero-order valence-corrected chi connectivity index (χ0v) is 15.4. The normalized spacial score (nSPS) is 16.9. The van der Waals surface area contributed by atoms with E-state index in [0.717, 1.165) is 31.9 Å². The van der Waals surface area contributed by atoms with E-state index in [9.17, 15) is 0 Å². The summed E-state index contributed by atoms with van der Waals surface area (Å²) in [6.45, 7) is 2.77. The maximum atomic E-state index is 5.80. The molecule has 2 aliphatic rings. The molecule has 0 bridgehead atoms. The molecule has 4 nitrogen and oxygen atoms in total. The summed E-state index contributed by atoms with van der Waals surface area (Å²) < 4.78 is 5.62. The molecule has 1 aliphatic carbocycles. The van der Waals surface area contributed by atoms with Crippen LogP contribution in [0.3, 0.4) is 0 Å². The molecule has 2 aromatic rings. The second kappa shape index (κ2) is 7.72. The number of benzene rings is 1. The first-order valence-corrected chi connectivity index (χ1v) is 9.28. The van der Waals surface area contributed by atoms with Gasteiger partial charge in [-0.1, -0.05) is 25.0 Å². The summed E-state index contributed by atoms with van der Waals surface area (Å²) in [6, 6.07) is 7.36. The average molecular weight is 366 g/mol. The van der Waals surface area contributed by atoms with E-state index in [0.29, 0.717) is 11.2 Å². The number of anilines is 1. The first kappa shape index (κ1) is 17.5. The lowest BCUT2D eigenvalue weighted by Gasteiger charge is -2.28. The molecule has 2 heterocycles. The molecule has 1 aliphatic heterocycles. The fraction of sp³-hybridized carbons (Fsp3) is 0.500. The Balaban J connectivity index is 0.00000169. The standard InChI is InChI=1S/C18H23N3OS.ClH/c19-18-20-10-16(23-18)12-21(15-3-1-2-4-15)11-13-5-6-17-14(9-13)7-8-22-17;/h5-6,9-10,15H,1-4,7-8,11-12H2,(H2,19,20);1H. The molecular formula is C18H24ClN3OS. The summed E-state index contributed by atoms with van der Waals surface area (Å²) in [6.07, 6.45) is 8.29. The second-order valence-electron chi connectivity index (χ2n) is 6.55. The van der Waals surface area contributed by atoms with Gasteiger partial charge in [0, 0.05) is 36.6 Å². The highest BCUT2D eigenvalue weighted by atomic mass is 35.5. The first-order valence-electron chi connectivity index (χ1n) is 8.47. The van der Waals surface area contributed by atoms with Gasteiger partial charge >= 0.3 is 0 Å². The van der Waals surface area contributed by atoms with Crippen molar-refractivity contribution in [2.24, 2.45) is 0 Å². The Morgan fingerprint density at radius 2 is 2.08 bits per heavy atom. The number of aromatic nitrogens is 1. The molecule has 0 amide bonds. The SMILES string of the molecule is Cl.Nc1ncc(CN(Cc2ccc3c(c2)CCO3)C2CCCC2)s1. The van der Waals surface area contributed by atoms with Crippen molar-refractivity contribution in [2.45, 2.75) is 51.2 Å². The van der Waals surface area contributed by atoms with Crippen LogP contribution in [-0.4, -0.2) is 22.5 Å². The van der Waals surface area contributed by atoms with Gasteiger partial charge in [0.2, 0.25) is 0 Å². The zero-order valence-electron chi connectivity index (χ0n) is 13.7. The van der Waals surface area contributed by atoms with Crippen LogP contribution < -0.4 is 10.5 Å². The molecule has 1 saturated carbocycles. The number of rotatable bonds is 5. The first-order chi connectivity index (χ1) is 11.3. The van der Waals surface area contributed by atoms with Crippen LogP contribution >= 0.6 is 23.7 Å². The van der Waals surface area contributed by atoms with Gasteiger partial charge in [-0.2, -0.15) is 0 Å². The maximum absolute atomic E-state index is 5.80. The summed E-state index contributed by atoms with van der Waals surface area (Å²) >= 11 is 1.61. The third kappa shape index (κ3) is 3.85. The fourth-order valence-corrected chi connectivity index (χ4v) is 4.46. The highest BCUT2D eigenvalue weighted by Gasteiger charge is 2.24. The van der Waals surface area contributed by atoms with Crippen LogP contribution in [0.1, 0.15) is 41.7 Å². The number of halogens is 1. The minimum atomic E-state index is 0. The minimum absolute atomic E-state index is 0. The predicted molar refractivity (Wildman–Crippen MR) is 101 cm³/mol. The van der Waals surface area contributed by atoms with Crippen LogP contribution in [0.2, 0.25) is 0 Å². The van der Waals surface area contributed by atoms with Crippen LogP contribution in [0.4, 0.5) is 5.13 Å². The lowest BCUT2D eigenvalue weighted by molar-refractivity contribution is 0.182. The number of nitrogens with two attached hydrogens (primary N) is 1. The van der Waals surface area contributed by atoms with Crippen LogP contribution in [0.15, 0.2) is 24.4 Å². The Morgan fingerprint density at radius 3 is 2.83 bits per heavy atom. The molecule has 4 rings (SSSR count). The van der Waals surface area contributed by atoms with Crippen LogP contribution in [0.5, 0.6) is 5.75 Å². The summed E-state index contributed by atoms with van der Waals surface area (Å²) in [7, 11) is 0. The maximum Gasteiger partial charge on any atom is 0.180 e. The van der Waals surface area contributed by atoms with Gasteiger partial charge in [0.15, 0.2) is 5.13 Å². The van der Waals surface area contributed by atoms with E-state index in [2.05, 4.69) is 28.1 Å². The van der Waals surface area contributed by atoms with Crippen molar-refractivity contribution in [1.29, 1.82) is 0 Å². The Labute approximate surface area is 153 Å². The van der Waals surface area contributed by atoms with Crippen molar-refractivity contribution in [3.63, 3.8) is 0 Å². The van der Waals surface area contributed by atoms with Gasteiger partial charge in [-0.15, -0.1) is 23.7 Å². The van der Waals surface area contributed by atoms with Crippen molar-refractivity contribution in [3.8, 4) is 5.75 Å². The molecule has 6 heteroatoms. The van der Waals surface area contributed by atoms with Crippen molar-refractivity contribution in [3.05, 3.63) is 40.4 Å². The van der Waals surface area contributed by atoms with E-state index < -0.39 is 0 Å². The molecule has 130 valence electrons. The Hall–Kier alpha value is -1.30. The van der Waals surface area contributed by atoms with Gasteiger partial charge in [0.25, 0.3) is 0 Å². The Morgan fingerprint density at radius 1 is 1.25 bits per heavy atom. The molecule has 0 radical (unpaired) electrons. The van der Waals surface area contributed by atoms with Gasteiger partial charge in [-0.3, -0.25) is 4.90 Å². The number of hydrogen-bond donors (Lipinski definition) is 1. The molecule has 0 unspecified atom stereocenters. The molecule has 1 fully saturated rings. The molecule has 1 aromatic heterocycles. The van der Waals surface area contributed by atoms with Gasteiger partial charge in [0.1, 0.15) is 5.75 Å². The van der Waals surface area contributed by atoms with Crippen molar-refractivity contribution in [1.82, 2.24) is 9.88 Å². The quantitative estimate of drug-likeness (QED) is 0.869. The third-order valence-corrected chi connectivity index (χ3v) is 5.72. The Kier molecular flexibility index (Phi) is 5.64. The number of hydrogen-bond acceptors (Lipinski definition) is 5. The van der Waals surface area contributed by atoms with Crippen molar-refractivity contribution < 1.29 is 4.74 Å². The highest BCUT2D eigenvalue weighted by Crippen LogP contribution is 2.30. The molecule has 24 heavy (non-hydrogen) atoms. The average Bonchev–Trinajstić information content (AvgIpc) is 3.27. The molecule has 2 N–H and O–H groups in total. The van der Waals surface area contributed by atoms with Gasteiger partial charge in [0.05, 0.1) is 6.61 Å². The number of ether oxygens (including phenoxy) is 1. The third-order valence-electron chi connectivity index (χ3n) is 4.91. The van der Waals surface area contributed by atoms with E-state index in [-0.39, 0.29) is 12.4 Å². The van der Waals surface area contributed by atoms with Gasteiger partial charge in [-0.25, -0.2) is 4.98 Å². The van der Waals surface area contributed by atoms with Crippen LogP contribution in [-0.2, 0) is 19.5 Å². The van der Waals surface area contributed by atoms with E-state index in [1.165, 1.54) is 41.7 Å². The van der Waals surface area contributed by atoms with E-state index in [1.807, 2.05) is 6.20 Å². The summed E-state index contributed by atoms with van der Waals surface area (Å²) in [5.41, 5.74) is 8.54.